The number of rotatable bonds is 0. The Morgan fingerprint density at radius 3 is 2.23 bits per heavy atom. The Balaban J connectivity index is 1.57. The number of allylic oxidation sites excluding steroid dienone is 2. The Kier molecular flexibility index (Phi) is 5.06. The molecule has 0 saturated heterocycles. The average molecular weight is 539 g/mol. The summed E-state index contributed by atoms with van der Waals surface area (Å²) in [7, 11) is 0. The number of aliphatic hydroxyl groups excluding tert-OH is 1. The summed E-state index contributed by atoms with van der Waals surface area (Å²) in [4.78, 5) is 0. The third kappa shape index (κ3) is 2.94. The maximum atomic E-state index is 10.9. The molecular formula is C29H47IO. The van der Waals surface area contributed by atoms with Crippen molar-refractivity contribution in [2.45, 2.75) is 122 Å². The molecule has 2 unspecified atom stereocenters. The molecule has 0 amide bonds. The van der Waals surface area contributed by atoms with Crippen LogP contribution in [0.5, 0.6) is 0 Å². The summed E-state index contributed by atoms with van der Waals surface area (Å²) in [5, 5.41) is 10.9. The van der Waals surface area contributed by atoms with E-state index in [0.29, 0.717) is 31.0 Å². The summed E-state index contributed by atoms with van der Waals surface area (Å²) in [6, 6.07) is 0. The number of fused-ring (bicyclic) bond motifs is 7. The molecular weight excluding hydrogens is 491 g/mol. The van der Waals surface area contributed by atoms with Crippen molar-refractivity contribution in [2.24, 2.45) is 44.8 Å². The van der Waals surface area contributed by atoms with E-state index in [9.17, 15) is 5.11 Å². The molecule has 0 radical (unpaired) electrons. The summed E-state index contributed by atoms with van der Waals surface area (Å²) >= 11 is 2.90. The van der Waals surface area contributed by atoms with Gasteiger partial charge in [-0.2, -0.15) is 0 Å². The van der Waals surface area contributed by atoms with Gasteiger partial charge in [-0.3, -0.25) is 0 Å². The van der Waals surface area contributed by atoms with E-state index in [2.05, 4.69) is 77.1 Å². The second-order valence-electron chi connectivity index (χ2n) is 14.6. The van der Waals surface area contributed by atoms with Crippen LogP contribution in [0, 0.1) is 44.8 Å². The van der Waals surface area contributed by atoms with Gasteiger partial charge in [0.1, 0.15) is 0 Å². The summed E-state index contributed by atoms with van der Waals surface area (Å²) in [6.07, 6.45) is 15.8. The lowest BCUT2D eigenvalue weighted by molar-refractivity contribution is -0.199. The van der Waals surface area contributed by atoms with E-state index in [1.807, 2.05) is 5.57 Å². The highest BCUT2D eigenvalue weighted by atomic mass is 127. The first-order chi connectivity index (χ1) is 14.2. The monoisotopic (exact) mass is 538 g/mol. The Bertz CT molecular complexity index is 797. The highest BCUT2D eigenvalue weighted by Crippen LogP contribution is 2.75. The lowest BCUT2D eigenvalue weighted by Crippen LogP contribution is -2.64. The van der Waals surface area contributed by atoms with Crippen molar-refractivity contribution >= 4 is 22.6 Å². The normalized spacial score (nSPS) is 55.2. The third-order valence-electron chi connectivity index (χ3n) is 12.5. The number of hydrogen-bond donors (Lipinski definition) is 1. The van der Waals surface area contributed by atoms with Crippen LogP contribution in [0.3, 0.4) is 0 Å². The molecule has 5 aliphatic carbocycles. The van der Waals surface area contributed by atoms with Crippen LogP contribution >= 0.6 is 22.6 Å². The zero-order valence-electron chi connectivity index (χ0n) is 21.3. The number of aliphatic hydroxyl groups is 1. The van der Waals surface area contributed by atoms with Crippen LogP contribution < -0.4 is 0 Å². The lowest BCUT2D eigenvalue weighted by atomic mass is 9.34. The molecule has 1 nitrogen and oxygen atoms in total. The van der Waals surface area contributed by atoms with Crippen LogP contribution in [0.25, 0.3) is 0 Å². The van der Waals surface area contributed by atoms with Crippen molar-refractivity contribution in [3.05, 3.63) is 11.6 Å². The molecule has 0 aromatic rings. The fourth-order valence-electron chi connectivity index (χ4n) is 10.2. The zero-order chi connectivity index (χ0) is 22.7. The fourth-order valence-corrected chi connectivity index (χ4v) is 11.3. The van der Waals surface area contributed by atoms with Gasteiger partial charge < -0.3 is 5.11 Å². The van der Waals surface area contributed by atoms with E-state index in [4.69, 9.17) is 0 Å². The van der Waals surface area contributed by atoms with Gasteiger partial charge in [-0.1, -0.05) is 82.7 Å². The molecule has 0 aliphatic heterocycles. The van der Waals surface area contributed by atoms with Gasteiger partial charge in [0.2, 0.25) is 0 Å². The van der Waals surface area contributed by atoms with Crippen LogP contribution in [0.4, 0.5) is 0 Å². The van der Waals surface area contributed by atoms with Crippen molar-refractivity contribution in [1.29, 1.82) is 0 Å². The van der Waals surface area contributed by atoms with Gasteiger partial charge in [0, 0.05) is 3.42 Å². The van der Waals surface area contributed by atoms with Gasteiger partial charge in [-0.25, -0.2) is 0 Å². The van der Waals surface area contributed by atoms with Gasteiger partial charge in [0.25, 0.3) is 0 Å². The average Bonchev–Trinajstić information content (AvgIpc) is 2.67. The molecule has 176 valence electrons. The molecule has 5 rings (SSSR count). The van der Waals surface area contributed by atoms with E-state index in [-0.39, 0.29) is 11.5 Å². The minimum Gasteiger partial charge on any atom is -0.393 e. The van der Waals surface area contributed by atoms with E-state index < -0.39 is 0 Å². The van der Waals surface area contributed by atoms with Gasteiger partial charge in [0.05, 0.1) is 6.10 Å². The Morgan fingerprint density at radius 1 is 0.839 bits per heavy atom. The highest BCUT2D eigenvalue weighted by Gasteiger charge is 2.68. The Morgan fingerprint density at radius 2 is 1.52 bits per heavy atom. The van der Waals surface area contributed by atoms with Crippen molar-refractivity contribution in [3.8, 4) is 0 Å². The molecule has 31 heavy (non-hydrogen) atoms. The highest BCUT2D eigenvalue weighted by molar-refractivity contribution is 14.1. The second-order valence-corrected chi connectivity index (χ2v) is 16.8. The van der Waals surface area contributed by atoms with Crippen molar-refractivity contribution in [3.63, 3.8) is 0 Å². The fraction of sp³-hybridized carbons (Fsp3) is 0.931. The predicted molar refractivity (Wildman–Crippen MR) is 139 cm³/mol. The Labute approximate surface area is 205 Å². The smallest absolute Gasteiger partial charge is 0.0594 e. The molecule has 5 aliphatic rings. The SMILES string of the molecule is CC1(C)CC[C@]2(I)CC[C@]3(C)C(=CCC4[C@@]5(C)CC[C@H](O)C(C)(C)C5CC[C@]43C)[C@@H]2C1. The van der Waals surface area contributed by atoms with Gasteiger partial charge in [-0.05, 0) is 109 Å². The van der Waals surface area contributed by atoms with Crippen LogP contribution in [-0.4, -0.2) is 14.6 Å². The topological polar surface area (TPSA) is 20.2 Å². The van der Waals surface area contributed by atoms with Crippen molar-refractivity contribution in [1.82, 2.24) is 0 Å². The molecule has 4 saturated carbocycles. The predicted octanol–water partition coefficient (Wildman–Crippen LogP) is 8.34. The lowest BCUT2D eigenvalue weighted by Gasteiger charge is -2.71. The van der Waals surface area contributed by atoms with Crippen molar-refractivity contribution in [2.75, 3.05) is 0 Å². The van der Waals surface area contributed by atoms with E-state index >= 15 is 0 Å². The Hall–Kier alpha value is 0.430. The van der Waals surface area contributed by atoms with Crippen LogP contribution in [0.1, 0.15) is 113 Å². The minimum atomic E-state index is -0.126. The number of hydrogen-bond acceptors (Lipinski definition) is 1. The van der Waals surface area contributed by atoms with Gasteiger partial charge in [0.15, 0.2) is 0 Å². The number of halogens is 1. The molecule has 0 aromatic heterocycles. The van der Waals surface area contributed by atoms with Gasteiger partial charge >= 0.3 is 0 Å². The van der Waals surface area contributed by atoms with E-state index in [1.54, 1.807) is 0 Å². The second kappa shape index (κ2) is 6.76. The maximum Gasteiger partial charge on any atom is 0.0594 e. The quantitative estimate of drug-likeness (QED) is 0.187. The third-order valence-corrected chi connectivity index (χ3v) is 14.3. The summed E-state index contributed by atoms with van der Waals surface area (Å²) in [6.45, 7) is 17.8. The first kappa shape index (κ1) is 23.2. The molecule has 0 aromatic carbocycles. The largest absolute Gasteiger partial charge is 0.393 e. The molecule has 0 bridgehead atoms. The van der Waals surface area contributed by atoms with E-state index in [0.717, 1.165) is 18.3 Å². The minimum absolute atomic E-state index is 0.0521. The van der Waals surface area contributed by atoms with Crippen LogP contribution in [0.2, 0.25) is 0 Å². The first-order valence-corrected chi connectivity index (χ1v) is 14.4. The maximum absolute atomic E-state index is 10.9. The molecule has 8 atom stereocenters. The number of alkyl halides is 1. The molecule has 0 spiro atoms. The molecule has 0 heterocycles. The summed E-state index contributed by atoms with van der Waals surface area (Å²) in [5.41, 5.74) is 3.54. The molecule has 1 N–H and O–H groups in total. The summed E-state index contributed by atoms with van der Waals surface area (Å²) < 4.78 is 0.500. The van der Waals surface area contributed by atoms with E-state index in [1.165, 1.54) is 57.8 Å². The first-order valence-electron chi connectivity index (χ1n) is 13.3. The standard InChI is InChI=1S/C29H47IO/c1-24(2)14-16-29(30)17-15-27(6)19(20(29)18-24)8-9-22-26(5)12-11-23(31)25(3,4)21(26)10-13-28(22,27)7/h8,20-23,31H,9-18H2,1-7H3/t20-,21?,22?,23-,26-,27+,28+,29-/m0/s1. The molecule has 4 fully saturated rings. The zero-order valence-corrected chi connectivity index (χ0v) is 23.4. The van der Waals surface area contributed by atoms with Gasteiger partial charge in [-0.15, -0.1) is 0 Å². The van der Waals surface area contributed by atoms with Crippen molar-refractivity contribution < 1.29 is 5.11 Å². The van der Waals surface area contributed by atoms with Crippen LogP contribution in [0.15, 0.2) is 11.6 Å². The summed E-state index contributed by atoms with van der Waals surface area (Å²) in [5.74, 6) is 2.20. The molecule has 2 heteroatoms. The van der Waals surface area contributed by atoms with Crippen LogP contribution in [-0.2, 0) is 0 Å².